The van der Waals surface area contributed by atoms with Crippen LogP contribution in [-0.4, -0.2) is 55.1 Å². The van der Waals surface area contributed by atoms with Gasteiger partial charge in [0.15, 0.2) is 0 Å². The number of allylic oxidation sites excluding steroid dienone is 1. The van der Waals surface area contributed by atoms with Gasteiger partial charge in [0.25, 0.3) is 0 Å². The van der Waals surface area contributed by atoms with Crippen LogP contribution in [-0.2, 0) is 23.7 Å². The smallest absolute Gasteiger partial charge is 0.306 e. The first-order chi connectivity index (χ1) is 12.4. The Labute approximate surface area is 161 Å². The second kappa shape index (κ2) is 7.78. The molecule has 2 aliphatic heterocycles. The third-order valence-corrected chi connectivity index (χ3v) is 6.30. The van der Waals surface area contributed by atoms with Gasteiger partial charge in [0, 0.05) is 19.4 Å². The zero-order valence-electron chi connectivity index (χ0n) is 16.3. The lowest BCUT2D eigenvalue weighted by atomic mass is 9.68. The fourth-order valence-electron chi connectivity index (χ4n) is 4.51. The molecule has 1 spiro atoms. The summed E-state index contributed by atoms with van der Waals surface area (Å²) < 4.78 is 23.7. The molecule has 148 valence electrons. The molecule has 6 unspecified atom stereocenters. The third kappa shape index (κ3) is 3.96. The average molecular weight is 387 g/mol. The first-order valence-electron chi connectivity index (χ1n) is 9.59. The van der Waals surface area contributed by atoms with Gasteiger partial charge in [-0.05, 0) is 46.5 Å². The Balaban J connectivity index is 1.72. The number of rotatable bonds is 8. The van der Waals surface area contributed by atoms with E-state index in [1.54, 1.807) is 7.11 Å². The Kier molecular flexibility index (Phi) is 6.02. The van der Waals surface area contributed by atoms with Crippen molar-refractivity contribution in [3.8, 4) is 0 Å². The van der Waals surface area contributed by atoms with Gasteiger partial charge in [-0.25, -0.2) is 0 Å². The zero-order chi connectivity index (χ0) is 18.9. The fraction of sp³-hybridized carbons (Fsp3) is 0.850. The molecule has 0 aromatic heterocycles. The number of alkyl halides is 1. The minimum absolute atomic E-state index is 0.0649. The van der Waals surface area contributed by atoms with Gasteiger partial charge in [0.1, 0.15) is 23.4 Å². The van der Waals surface area contributed by atoms with Gasteiger partial charge < -0.3 is 18.9 Å². The number of esters is 1. The van der Waals surface area contributed by atoms with Crippen molar-refractivity contribution in [3.05, 3.63) is 11.6 Å². The topological polar surface area (TPSA) is 60.6 Å². The van der Waals surface area contributed by atoms with Gasteiger partial charge in [-0.3, -0.25) is 4.79 Å². The Morgan fingerprint density at radius 2 is 2.12 bits per heavy atom. The van der Waals surface area contributed by atoms with Crippen LogP contribution in [0.5, 0.6) is 0 Å². The molecule has 1 aliphatic carbocycles. The summed E-state index contributed by atoms with van der Waals surface area (Å²) in [6, 6.07) is 0. The molecular weight excluding hydrogens is 356 g/mol. The summed E-state index contributed by atoms with van der Waals surface area (Å²) in [5.74, 6) is 0.326. The van der Waals surface area contributed by atoms with Crippen LogP contribution in [0.15, 0.2) is 11.6 Å². The van der Waals surface area contributed by atoms with E-state index in [1.807, 2.05) is 0 Å². The summed E-state index contributed by atoms with van der Waals surface area (Å²) in [5.41, 5.74) is 0.803. The minimum atomic E-state index is -0.301. The van der Waals surface area contributed by atoms with Crippen molar-refractivity contribution in [2.75, 3.05) is 19.6 Å². The van der Waals surface area contributed by atoms with Gasteiger partial charge in [-0.15, -0.1) is 11.6 Å². The van der Waals surface area contributed by atoms with Crippen LogP contribution in [0.4, 0.5) is 0 Å². The summed E-state index contributed by atoms with van der Waals surface area (Å²) in [4.78, 5) is 12.1. The monoisotopic (exact) mass is 386 g/mol. The predicted molar refractivity (Wildman–Crippen MR) is 99.4 cm³/mol. The number of hydrogen-bond donors (Lipinski definition) is 0. The van der Waals surface area contributed by atoms with Gasteiger partial charge in [0.2, 0.25) is 0 Å². The number of hydrogen-bond acceptors (Lipinski definition) is 5. The summed E-state index contributed by atoms with van der Waals surface area (Å²) in [7, 11) is 1.69. The van der Waals surface area contributed by atoms with Crippen molar-refractivity contribution in [3.63, 3.8) is 0 Å². The highest BCUT2D eigenvalue weighted by molar-refractivity contribution is 6.17. The van der Waals surface area contributed by atoms with Crippen molar-refractivity contribution in [1.29, 1.82) is 0 Å². The molecule has 5 nitrogen and oxygen atoms in total. The fourth-order valence-corrected chi connectivity index (χ4v) is 4.64. The molecule has 3 fully saturated rings. The number of methoxy groups -OCH3 is 1. The van der Waals surface area contributed by atoms with Crippen LogP contribution >= 0.6 is 11.6 Å². The van der Waals surface area contributed by atoms with Gasteiger partial charge >= 0.3 is 5.97 Å². The number of epoxide rings is 2. The number of carbonyl (C=O) groups is 1. The Hall–Kier alpha value is -0.620. The molecule has 26 heavy (non-hydrogen) atoms. The highest BCUT2D eigenvalue weighted by Crippen LogP contribution is 2.59. The van der Waals surface area contributed by atoms with Crippen molar-refractivity contribution in [2.45, 2.75) is 82.4 Å². The van der Waals surface area contributed by atoms with Crippen molar-refractivity contribution in [2.24, 2.45) is 5.92 Å². The van der Waals surface area contributed by atoms with Gasteiger partial charge in [0.05, 0.1) is 18.6 Å². The molecular formula is C20H31ClO5. The number of halogens is 1. The van der Waals surface area contributed by atoms with Crippen LogP contribution in [0.2, 0.25) is 0 Å². The molecule has 1 saturated carbocycles. The normalized spacial score (nSPS) is 41.0. The van der Waals surface area contributed by atoms with Crippen LogP contribution in [0.25, 0.3) is 0 Å². The Morgan fingerprint density at radius 1 is 1.38 bits per heavy atom. The van der Waals surface area contributed by atoms with E-state index in [9.17, 15) is 4.79 Å². The molecule has 0 N–H and O–H groups in total. The molecule has 0 aromatic rings. The van der Waals surface area contributed by atoms with Gasteiger partial charge in [-0.2, -0.15) is 0 Å². The van der Waals surface area contributed by atoms with Crippen LogP contribution in [0.3, 0.4) is 0 Å². The van der Waals surface area contributed by atoms with Gasteiger partial charge in [-0.1, -0.05) is 11.6 Å². The number of ether oxygens (including phenoxy) is 4. The van der Waals surface area contributed by atoms with Crippen molar-refractivity contribution >= 4 is 17.6 Å². The lowest BCUT2D eigenvalue weighted by Gasteiger charge is -2.42. The summed E-state index contributed by atoms with van der Waals surface area (Å²) >= 11 is 5.68. The second-order valence-electron chi connectivity index (χ2n) is 8.20. The summed E-state index contributed by atoms with van der Waals surface area (Å²) in [6.07, 6.45) is 5.40. The molecule has 2 heterocycles. The first kappa shape index (κ1) is 20.1. The molecule has 3 aliphatic rings. The van der Waals surface area contributed by atoms with Crippen LogP contribution < -0.4 is 0 Å². The predicted octanol–water partition coefficient (Wildman–Crippen LogP) is 3.63. The lowest BCUT2D eigenvalue weighted by molar-refractivity contribution is -0.171. The highest BCUT2D eigenvalue weighted by atomic mass is 35.5. The third-order valence-electron chi connectivity index (χ3n) is 6.03. The molecule has 0 amide bonds. The first-order valence-corrected chi connectivity index (χ1v) is 10.1. The number of carbonyl (C=O) groups excluding carboxylic acids is 1. The van der Waals surface area contributed by atoms with E-state index < -0.39 is 0 Å². The van der Waals surface area contributed by atoms with E-state index in [0.717, 1.165) is 25.9 Å². The Bertz CT molecular complexity index is 554. The summed E-state index contributed by atoms with van der Waals surface area (Å²) in [5, 5.41) is 0. The maximum absolute atomic E-state index is 12.1. The van der Waals surface area contributed by atoms with Crippen LogP contribution in [0, 0.1) is 5.92 Å². The largest absolute Gasteiger partial charge is 0.460 e. The molecule has 0 bridgehead atoms. The molecule has 0 aromatic carbocycles. The van der Waals surface area contributed by atoms with E-state index >= 15 is 0 Å². The molecule has 6 atom stereocenters. The lowest BCUT2D eigenvalue weighted by Crippen LogP contribution is -2.55. The zero-order valence-corrected chi connectivity index (χ0v) is 17.0. The Morgan fingerprint density at radius 3 is 2.69 bits per heavy atom. The second-order valence-corrected chi connectivity index (χ2v) is 8.58. The van der Waals surface area contributed by atoms with E-state index in [4.69, 9.17) is 30.5 Å². The SMILES string of the molecule is COC1C(OC(=O)CCCCl)CCC2(CO2)C1C1(C)OC1CC=C(C)C. The standard InChI is InChI=1S/C20H31ClO5/c1-13(2)7-8-15-19(3,26-15)18-17(23-4)14(9-10-20(18)12-24-20)25-16(22)6-5-11-21/h7,14-15,17-18H,5-6,8-12H2,1-4H3. The highest BCUT2D eigenvalue weighted by Gasteiger charge is 2.72. The van der Waals surface area contributed by atoms with E-state index in [0.29, 0.717) is 18.7 Å². The van der Waals surface area contributed by atoms with Crippen molar-refractivity contribution < 1.29 is 23.7 Å². The maximum Gasteiger partial charge on any atom is 0.306 e. The molecule has 3 rings (SSSR count). The van der Waals surface area contributed by atoms with E-state index in [-0.39, 0.29) is 41.4 Å². The quantitative estimate of drug-likeness (QED) is 0.276. The molecule has 0 radical (unpaired) electrons. The van der Waals surface area contributed by atoms with E-state index in [2.05, 4.69) is 26.8 Å². The van der Waals surface area contributed by atoms with Crippen LogP contribution in [0.1, 0.15) is 52.9 Å². The molecule has 2 saturated heterocycles. The maximum atomic E-state index is 12.1. The minimum Gasteiger partial charge on any atom is -0.460 e. The summed E-state index contributed by atoms with van der Waals surface area (Å²) in [6.45, 7) is 7.08. The average Bonchev–Trinajstić information content (AvgIpc) is 3.50. The molecule has 6 heteroatoms. The van der Waals surface area contributed by atoms with Crippen molar-refractivity contribution in [1.82, 2.24) is 0 Å². The van der Waals surface area contributed by atoms with E-state index in [1.165, 1.54) is 5.57 Å².